The van der Waals surface area contributed by atoms with Crippen molar-refractivity contribution in [2.75, 3.05) is 13.6 Å². The molecular weight excluding hydrogens is 224 g/mol. The van der Waals surface area contributed by atoms with Gasteiger partial charge in [0, 0.05) is 13.6 Å². The maximum Gasteiger partial charge on any atom is 0.239 e. The maximum atomic E-state index is 12.1. The summed E-state index contributed by atoms with van der Waals surface area (Å²) in [7, 11) is 1.83. The molecule has 3 heteroatoms. The quantitative estimate of drug-likeness (QED) is 0.837. The molecule has 0 bridgehead atoms. The highest BCUT2D eigenvalue weighted by Crippen LogP contribution is 2.07. The first-order valence-electron chi connectivity index (χ1n) is 6.59. The Morgan fingerprint density at radius 1 is 1.33 bits per heavy atom. The molecule has 0 spiro atoms. The zero-order valence-corrected chi connectivity index (χ0v) is 11.6. The predicted octanol–water partition coefficient (Wildman–Crippen LogP) is 2.06. The second kappa shape index (κ2) is 7.17. The molecular formula is C15H24N2O. The van der Waals surface area contributed by atoms with Gasteiger partial charge in [-0.2, -0.15) is 0 Å². The SMILES string of the molecule is CCC(C)CN(C)C(=O)[C@H](N)Cc1ccccc1. The Morgan fingerprint density at radius 2 is 1.94 bits per heavy atom. The van der Waals surface area contributed by atoms with E-state index in [-0.39, 0.29) is 5.91 Å². The van der Waals surface area contributed by atoms with Gasteiger partial charge in [0.25, 0.3) is 0 Å². The van der Waals surface area contributed by atoms with Crippen molar-refractivity contribution in [2.45, 2.75) is 32.7 Å². The van der Waals surface area contributed by atoms with Crippen LogP contribution in [0, 0.1) is 5.92 Å². The van der Waals surface area contributed by atoms with E-state index in [2.05, 4.69) is 13.8 Å². The van der Waals surface area contributed by atoms with E-state index in [4.69, 9.17) is 5.73 Å². The van der Waals surface area contributed by atoms with Crippen LogP contribution in [0.4, 0.5) is 0 Å². The summed E-state index contributed by atoms with van der Waals surface area (Å²) >= 11 is 0. The molecule has 2 atom stereocenters. The minimum atomic E-state index is -0.443. The minimum absolute atomic E-state index is 0.0270. The smallest absolute Gasteiger partial charge is 0.239 e. The molecule has 18 heavy (non-hydrogen) atoms. The molecule has 0 aliphatic rings. The summed E-state index contributed by atoms with van der Waals surface area (Å²) in [5, 5.41) is 0. The molecule has 0 aliphatic heterocycles. The Labute approximate surface area is 110 Å². The summed E-state index contributed by atoms with van der Waals surface area (Å²) in [6.45, 7) is 5.05. The molecule has 1 amide bonds. The largest absolute Gasteiger partial charge is 0.344 e. The van der Waals surface area contributed by atoms with E-state index in [0.717, 1.165) is 18.5 Å². The topological polar surface area (TPSA) is 46.3 Å². The molecule has 0 fully saturated rings. The van der Waals surface area contributed by atoms with Crippen LogP contribution in [0.5, 0.6) is 0 Å². The van der Waals surface area contributed by atoms with E-state index in [1.807, 2.05) is 37.4 Å². The summed E-state index contributed by atoms with van der Waals surface area (Å²) in [4.78, 5) is 13.9. The number of benzene rings is 1. The van der Waals surface area contributed by atoms with Crippen LogP contribution in [0.1, 0.15) is 25.8 Å². The molecule has 2 N–H and O–H groups in total. The molecule has 0 saturated heterocycles. The van der Waals surface area contributed by atoms with Gasteiger partial charge in [-0.25, -0.2) is 0 Å². The van der Waals surface area contributed by atoms with E-state index in [1.165, 1.54) is 0 Å². The normalized spacial score (nSPS) is 14.0. The molecule has 1 rings (SSSR count). The van der Waals surface area contributed by atoms with E-state index < -0.39 is 6.04 Å². The van der Waals surface area contributed by atoms with Gasteiger partial charge in [-0.3, -0.25) is 4.79 Å². The number of nitrogens with zero attached hydrogens (tertiary/aromatic N) is 1. The molecule has 1 unspecified atom stereocenters. The van der Waals surface area contributed by atoms with Crippen LogP contribution < -0.4 is 5.73 Å². The second-order valence-corrected chi connectivity index (χ2v) is 5.03. The highest BCUT2D eigenvalue weighted by atomic mass is 16.2. The fraction of sp³-hybridized carbons (Fsp3) is 0.533. The lowest BCUT2D eigenvalue weighted by Gasteiger charge is -2.24. The van der Waals surface area contributed by atoms with Gasteiger partial charge >= 0.3 is 0 Å². The van der Waals surface area contributed by atoms with Gasteiger partial charge < -0.3 is 10.6 Å². The summed E-state index contributed by atoms with van der Waals surface area (Å²) < 4.78 is 0. The van der Waals surface area contributed by atoms with E-state index in [9.17, 15) is 4.79 Å². The molecule has 0 radical (unpaired) electrons. The number of likely N-dealkylation sites (N-methyl/N-ethyl adjacent to an activating group) is 1. The minimum Gasteiger partial charge on any atom is -0.344 e. The van der Waals surface area contributed by atoms with Gasteiger partial charge in [0.15, 0.2) is 0 Å². The molecule has 0 aliphatic carbocycles. The molecule has 100 valence electrons. The average molecular weight is 248 g/mol. The molecule has 3 nitrogen and oxygen atoms in total. The molecule has 0 aromatic heterocycles. The first-order chi connectivity index (χ1) is 8.54. The number of nitrogens with two attached hydrogens (primary N) is 1. The van der Waals surface area contributed by atoms with Gasteiger partial charge in [-0.1, -0.05) is 50.6 Å². The lowest BCUT2D eigenvalue weighted by Crippen LogP contribution is -2.44. The Kier molecular flexibility index (Phi) is 5.86. The van der Waals surface area contributed by atoms with Gasteiger partial charge in [0.2, 0.25) is 5.91 Å². The van der Waals surface area contributed by atoms with Crippen molar-refractivity contribution in [1.29, 1.82) is 0 Å². The number of rotatable bonds is 6. The van der Waals surface area contributed by atoms with Gasteiger partial charge in [0.05, 0.1) is 6.04 Å². The zero-order valence-electron chi connectivity index (χ0n) is 11.6. The van der Waals surface area contributed by atoms with Gasteiger partial charge in [-0.15, -0.1) is 0 Å². The Bertz CT molecular complexity index is 364. The van der Waals surface area contributed by atoms with Crippen molar-refractivity contribution in [1.82, 2.24) is 4.90 Å². The van der Waals surface area contributed by atoms with Crippen LogP contribution in [-0.4, -0.2) is 30.4 Å². The molecule has 1 aromatic carbocycles. The molecule has 0 saturated carbocycles. The van der Waals surface area contributed by atoms with Crippen molar-refractivity contribution < 1.29 is 4.79 Å². The van der Waals surface area contributed by atoms with Crippen LogP contribution in [0.2, 0.25) is 0 Å². The first kappa shape index (κ1) is 14.7. The van der Waals surface area contributed by atoms with Gasteiger partial charge in [0.1, 0.15) is 0 Å². The number of carbonyl (C=O) groups excluding carboxylic acids is 1. The van der Waals surface area contributed by atoms with E-state index >= 15 is 0 Å². The third kappa shape index (κ3) is 4.49. The van der Waals surface area contributed by atoms with Crippen LogP contribution in [-0.2, 0) is 11.2 Å². The van der Waals surface area contributed by atoms with Crippen LogP contribution in [0.15, 0.2) is 30.3 Å². The predicted molar refractivity (Wildman–Crippen MR) is 75.2 cm³/mol. The fourth-order valence-corrected chi connectivity index (χ4v) is 1.92. The van der Waals surface area contributed by atoms with Crippen LogP contribution in [0.3, 0.4) is 0 Å². The fourth-order valence-electron chi connectivity index (χ4n) is 1.92. The third-order valence-electron chi connectivity index (χ3n) is 3.27. The number of hydrogen-bond acceptors (Lipinski definition) is 2. The van der Waals surface area contributed by atoms with E-state index in [1.54, 1.807) is 4.90 Å². The summed E-state index contributed by atoms with van der Waals surface area (Å²) in [6.07, 6.45) is 1.68. The highest BCUT2D eigenvalue weighted by Gasteiger charge is 2.19. The summed E-state index contributed by atoms with van der Waals surface area (Å²) in [5.74, 6) is 0.544. The highest BCUT2D eigenvalue weighted by molar-refractivity contribution is 5.81. The van der Waals surface area contributed by atoms with Crippen LogP contribution in [0.25, 0.3) is 0 Å². The van der Waals surface area contributed by atoms with Crippen molar-refractivity contribution in [3.63, 3.8) is 0 Å². The lowest BCUT2D eigenvalue weighted by atomic mass is 10.0. The van der Waals surface area contributed by atoms with Gasteiger partial charge in [-0.05, 0) is 17.9 Å². The van der Waals surface area contributed by atoms with Crippen molar-refractivity contribution in [2.24, 2.45) is 11.7 Å². The lowest BCUT2D eigenvalue weighted by molar-refractivity contribution is -0.131. The molecule has 1 aromatic rings. The number of carbonyl (C=O) groups is 1. The second-order valence-electron chi connectivity index (χ2n) is 5.03. The molecule has 0 heterocycles. The van der Waals surface area contributed by atoms with Crippen molar-refractivity contribution in [3.8, 4) is 0 Å². The summed E-state index contributed by atoms with van der Waals surface area (Å²) in [5.41, 5.74) is 7.08. The number of hydrogen-bond donors (Lipinski definition) is 1. The number of amides is 1. The zero-order chi connectivity index (χ0) is 13.5. The maximum absolute atomic E-state index is 12.1. The summed E-state index contributed by atoms with van der Waals surface area (Å²) in [6, 6.07) is 9.46. The first-order valence-corrected chi connectivity index (χ1v) is 6.59. The Balaban J connectivity index is 2.51. The van der Waals surface area contributed by atoms with Crippen LogP contribution >= 0.6 is 0 Å². The Morgan fingerprint density at radius 3 is 2.50 bits per heavy atom. The monoisotopic (exact) mass is 248 g/mol. The Hall–Kier alpha value is -1.35. The average Bonchev–Trinajstić information content (AvgIpc) is 2.38. The standard InChI is InChI=1S/C15H24N2O/c1-4-12(2)11-17(3)15(18)14(16)10-13-8-6-5-7-9-13/h5-9,12,14H,4,10-11,16H2,1-3H3/t12?,14-/m1/s1. The third-order valence-corrected chi connectivity index (χ3v) is 3.27. The van der Waals surface area contributed by atoms with Crippen molar-refractivity contribution >= 4 is 5.91 Å². The van der Waals surface area contributed by atoms with E-state index in [0.29, 0.717) is 12.3 Å². The van der Waals surface area contributed by atoms with Crippen molar-refractivity contribution in [3.05, 3.63) is 35.9 Å².